The fourth-order valence-electron chi connectivity index (χ4n) is 4.66. The third kappa shape index (κ3) is 3.41. The van der Waals surface area contributed by atoms with Gasteiger partial charge in [0.25, 0.3) is 0 Å². The Hall–Kier alpha value is -3.04. The Morgan fingerprint density at radius 1 is 1.31 bits per heavy atom. The number of pyridine rings is 1. The van der Waals surface area contributed by atoms with Gasteiger partial charge in [0.15, 0.2) is 5.82 Å². The van der Waals surface area contributed by atoms with E-state index in [9.17, 15) is 4.79 Å². The number of H-pyrrole nitrogens is 1. The number of fused-ring (bicyclic) bond motifs is 2. The maximum absolute atomic E-state index is 13.0. The monoisotopic (exact) mass is 433 g/mol. The number of rotatable bonds is 4. The van der Waals surface area contributed by atoms with Crippen molar-refractivity contribution >= 4 is 22.9 Å². The fraction of sp³-hybridized carbons (Fsp3) is 0.478. The van der Waals surface area contributed by atoms with Crippen molar-refractivity contribution in [2.45, 2.75) is 38.3 Å². The highest BCUT2D eigenvalue weighted by molar-refractivity contribution is 5.97. The molecule has 166 valence electrons. The molecule has 1 aliphatic carbocycles. The quantitative estimate of drug-likeness (QED) is 0.584. The molecule has 3 aliphatic rings. The second kappa shape index (κ2) is 7.83. The summed E-state index contributed by atoms with van der Waals surface area (Å²) in [6.45, 7) is 4.82. The van der Waals surface area contributed by atoms with Gasteiger partial charge >= 0.3 is 6.03 Å². The van der Waals surface area contributed by atoms with Gasteiger partial charge in [-0.25, -0.2) is 19.7 Å². The molecule has 1 saturated heterocycles. The van der Waals surface area contributed by atoms with Gasteiger partial charge < -0.3 is 20.4 Å². The largest absolute Gasteiger partial charge is 0.367 e. The van der Waals surface area contributed by atoms with Crippen LogP contribution in [0.25, 0.3) is 22.3 Å². The molecule has 9 heteroatoms. The SMILES string of the molecule is CC1NCCO[C@H]1c1nc(-c2ccnc3[nH]ccc23)c2c(n1)N(C(=O)NCC1CC1)CC2. The fourth-order valence-corrected chi connectivity index (χ4v) is 4.66. The van der Waals surface area contributed by atoms with Crippen molar-refractivity contribution in [1.82, 2.24) is 30.6 Å². The molecule has 1 saturated carbocycles. The molecule has 0 aromatic carbocycles. The molecule has 0 spiro atoms. The minimum atomic E-state index is -0.270. The molecular formula is C23H27N7O2. The molecule has 2 aliphatic heterocycles. The highest BCUT2D eigenvalue weighted by atomic mass is 16.5. The number of carbonyl (C=O) groups excluding carboxylic acids is 1. The summed E-state index contributed by atoms with van der Waals surface area (Å²) in [4.78, 5) is 32.3. The lowest BCUT2D eigenvalue weighted by Crippen LogP contribution is -2.42. The summed E-state index contributed by atoms with van der Waals surface area (Å²) < 4.78 is 6.06. The van der Waals surface area contributed by atoms with E-state index in [0.717, 1.165) is 47.4 Å². The molecule has 1 unspecified atom stereocenters. The van der Waals surface area contributed by atoms with Crippen molar-refractivity contribution in [3.05, 3.63) is 35.9 Å². The predicted molar refractivity (Wildman–Crippen MR) is 120 cm³/mol. The first-order chi connectivity index (χ1) is 15.7. The number of urea groups is 1. The molecule has 9 nitrogen and oxygen atoms in total. The first kappa shape index (κ1) is 19.6. The molecule has 3 aromatic rings. The van der Waals surface area contributed by atoms with Crippen LogP contribution < -0.4 is 15.5 Å². The molecule has 6 rings (SSSR count). The summed E-state index contributed by atoms with van der Waals surface area (Å²) in [7, 11) is 0. The average molecular weight is 434 g/mol. The van der Waals surface area contributed by atoms with E-state index in [1.54, 1.807) is 11.1 Å². The minimum absolute atomic E-state index is 0.0801. The molecule has 2 atom stereocenters. The number of hydrogen-bond donors (Lipinski definition) is 3. The summed E-state index contributed by atoms with van der Waals surface area (Å²) in [5.41, 5.74) is 3.67. The normalized spacial score (nSPS) is 22.8. The molecule has 0 radical (unpaired) electrons. The Morgan fingerprint density at radius 2 is 2.22 bits per heavy atom. The number of nitrogens with one attached hydrogen (secondary N) is 3. The van der Waals surface area contributed by atoms with Gasteiger partial charge in [-0.1, -0.05) is 0 Å². The number of ether oxygens (including phenoxy) is 1. The van der Waals surface area contributed by atoms with Crippen LogP contribution in [-0.2, 0) is 11.2 Å². The third-order valence-corrected chi connectivity index (χ3v) is 6.62. The van der Waals surface area contributed by atoms with Crippen LogP contribution in [0.2, 0.25) is 0 Å². The topological polar surface area (TPSA) is 108 Å². The number of morpholine rings is 1. The summed E-state index contributed by atoms with van der Waals surface area (Å²) in [6.07, 6.45) is 6.52. The van der Waals surface area contributed by atoms with Crippen molar-refractivity contribution in [2.24, 2.45) is 5.92 Å². The van der Waals surface area contributed by atoms with Crippen LogP contribution in [0.3, 0.4) is 0 Å². The van der Waals surface area contributed by atoms with Crippen molar-refractivity contribution in [1.29, 1.82) is 0 Å². The van der Waals surface area contributed by atoms with Gasteiger partial charge in [-0.15, -0.1) is 0 Å². The summed E-state index contributed by atoms with van der Waals surface area (Å²) in [5.74, 6) is 1.93. The number of carbonyl (C=O) groups is 1. The molecule has 32 heavy (non-hydrogen) atoms. The van der Waals surface area contributed by atoms with Gasteiger partial charge in [-0.2, -0.15) is 0 Å². The number of nitrogens with zero attached hydrogens (tertiary/aromatic N) is 4. The molecular weight excluding hydrogens is 406 g/mol. The standard InChI is InChI=1S/C23H27N7O2/c1-13-19(32-11-9-24-13)21-28-18(15-4-7-25-20-16(15)5-8-26-20)17-6-10-30(22(17)29-21)23(31)27-12-14-2-3-14/h4-5,7-8,13-14,19,24H,2-3,6,9-12H2,1H3,(H,25,26)(H,27,31)/t13?,19-/m1/s1. The first-order valence-electron chi connectivity index (χ1n) is 11.4. The number of aromatic nitrogens is 4. The molecule has 3 N–H and O–H groups in total. The van der Waals surface area contributed by atoms with Crippen LogP contribution in [0, 0.1) is 5.92 Å². The number of aromatic amines is 1. The molecule has 3 aromatic heterocycles. The molecule has 0 bridgehead atoms. The van der Waals surface area contributed by atoms with Crippen molar-refractivity contribution in [3.63, 3.8) is 0 Å². The zero-order valence-electron chi connectivity index (χ0n) is 18.1. The minimum Gasteiger partial charge on any atom is -0.367 e. The highest BCUT2D eigenvalue weighted by Crippen LogP contribution is 2.38. The van der Waals surface area contributed by atoms with Gasteiger partial charge in [0.2, 0.25) is 0 Å². The Kier molecular flexibility index (Phi) is 4.80. The zero-order valence-corrected chi connectivity index (χ0v) is 18.1. The average Bonchev–Trinajstić information content (AvgIpc) is 3.34. The maximum Gasteiger partial charge on any atom is 0.323 e. The van der Waals surface area contributed by atoms with Gasteiger partial charge in [-0.3, -0.25) is 4.90 Å². The van der Waals surface area contributed by atoms with Crippen LogP contribution >= 0.6 is 0 Å². The predicted octanol–water partition coefficient (Wildman–Crippen LogP) is 2.55. The Balaban J connectivity index is 1.46. The summed E-state index contributed by atoms with van der Waals surface area (Å²) in [6, 6.07) is 4.01. The number of hydrogen-bond acceptors (Lipinski definition) is 6. The van der Waals surface area contributed by atoms with Crippen molar-refractivity contribution in [3.8, 4) is 11.3 Å². The van der Waals surface area contributed by atoms with Crippen LogP contribution in [-0.4, -0.2) is 58.3 Å². The molecule has 5 heterocycles. The number of anilines is 1. The van der Waals surface area contributed by atoms with Crippen molar-refractivity contribution < 1.29 is 9.53 Å². The second-order valence-electron chi connectivity index (χ2n) is 8.90. The zero-order chi connectivity index (χ0) is 21.7. The lowest BCUT2D eigenvalue weighted by Gasteiger charge is -2.30. The lowest BCUT2D eigenvalue weighted by atomic mass is 10.0. The van der Waals surface area contributed by atoms with Crippen molar-refractivity contribution in [2.75, 3.05) is 31.1 Å². The second-order valence-corrected chi connectivity index (χ2v) is 8.90. The van der Waals surface area contributed by atoms with Gasteiger partial charge in [0, 0.05) is 54.6 Å². The first-order valence-corrected chi connectivity index (χ1v) is 11.4. The Labute approximate surface area is 186 Å². The summed E-state index contributed by atoms with van der Waals surface area (Å²) >= 11 is 0. The number of amides is 2. The van der Waals surface area contributed by atoms with Gasteiger partial charge in [0.05, 0.1) is 12.3 Å². The molecule has 2 fully saturated rings. The van der Waals surface area contributed by atoms with Crippen LogP contribution in [0.15, 0.2) is 24.5 Å². The van der Waals surface area contributed by atoms with E-state index in [4.69, 9.17) is 14.7 Å². The van der Waals surface area contributed by atoms with Crippen LogP contribution in [0.4, 0.5) is 10.6 Å². The van der Waals surface area contributed by atoms with Crippen LogP contribution in [0.5, 0.6) is 0 Å². The third-order valence-electron chi connectivity index (χ3n) is 6.62. The van der Waals surface area contributed by atoms with E-state index in [1.807, 2.05) is 18.3 Å². The summed E-state index contributed by atoms with van der Waals surface area (Å²) in [5, 5.41) is 7.54. The Morgan fingerprint density at radius 3 is 3.06 bits per heavy atom. The van der Waals surface area contributed by atoms with E-state index in [0.29, 0.717) is 30.7 Å². The van der Waals surface area contributed by atoms with E-state index < -0.39 is 0 Å². The van der Waals surface area contributed by atoms with E-state index >= 15 is 0 Å². The lowest BCUT2D eigenvalue weighted by molar-refractivity contribution is -0.00548. The van der Waals surface area contributed by atoms with E-state index in [2.05, 4.69) is 27.5 Å². The van der Waals surface area contributed by atoms with Gasteiger partial charge in [-0.05, 0) is 44.2 Å². The van der Waals surface area contributed by atoms with E-state index in [1.165, 1.54) is 12.8 Å². The van der Waals surface area contributed by atoms with Crippen LogP contribution in [0.1, 0.15) is 37.3 Å². The van der Waals surface area contributed by atoms with E-state index in [-0.39, 0.29) is 18.2 Å². The van der Waals surface area contributed by atoms with Gasteiger partial charge in [0.1, 0.15) is 17.6 Å². The highest BCUT2D eigenvalue weighted by Gasteiger charge is 2.35. The Bertz CT molecular complexity index is 1170. The smallest absolute Gasteiger partial charge is 0.323 e. The maximum atomic E-state index is 13.0. The molecule has 2 amide bonds.